The molecule has 2 rings (SSSR count). The molecule has 7 heteroatoms. The van der Waals surface area contributed by atoms with Gasteiger partial charge in [-0.25, -0.2) is 17.5 Å². The molecule has 0 radical (unpaired) electrons. The van der Waals surface area contributed by atoms with Gasteiger partial charge in [-0.1, -0.05) is 37.3 Å². The van der Waals surface area contributed by atoms with E-state index in [0.29, 0.717) is 5.56 Å². The molecule has 0 fully saturated rings. The first-order chi connectivity index (χ1) is 11.4. The Hall–Kier alpha value is -2.25. The zero-order valence-corrected chi connectivity index (χ0v) is 14.1. The van der Waals surface area contributed by atoms with Gasteiger partial charge in [0.05, 0.1) is 11.4 Å². The number of aryl methyl sites for hydroxylation is 1. The quantitative estimate of drug-likeness (QED) is 0.802. The Morgan fingerprint density at radius 2 is 1.75 bits per heavy atom. The number of hydrogen-bond donors (Lipinski definition) is 2. The third-order valence-electron chi connectivity index (χ3n) is 3.50. The third-order valence-corrected chi connectivity index (χ3v) is 4.92. The van der Waals surface area contributed by atoms with E-state index in [1.807, 2.05) is 6.92 Å². The number of amides is 1. The maximum atomic E-state index is 13.4. The Morgan fingerprint density at radius 1 is 1.08 bits per heavy atom. The first-order valence-electron chi connectivity index (χ1n) is 7.51. The van der Waals surface area contributed by atoms with Gasteiger partial charge in [0, 0.05) is 12.1 Å². The summed E-state index contributed by atoms with van der Waals surface area (Å²) in [7, 11) is -3.76. The van der Waals surface area contributed by atoms with Crippen LogP contribution in [0.4, 0.5) is 4.39 Å². The van der Waals surface area contributed by atoms with Crippen LogP contribution in [0.3, 0.4) is 0 Å². The van der Waals surface area contributed by atoms with Crippen molar-refractivity contribution in [3.05, 3.63) is 65.5 Å². The van der Waals surface area contributed by atoms with Gasteiger partial charge < -0.3 is 5.32 Å². The summed E-state index contributed by atoms with van der Waals surface area (Å²) in [4.78, 5) is 11.8. The molecule has 2 aromatic rings. The van der Waals surface area contributed by atoms with Crippen LogP contribution in [0.15, 0.2) is 53.4 Å². The van der Waals surface area contributed by atoms with Crippen LogP contribution in [-0.4, -0.2) is 20.9 Å². The van der Waals surface area contributed by atoms with Crippen molar-refractivity contribution >= 4 is 15.9 Å². The van der Waals surface area contributed by atoms with Crippen LogP contribution < -0.4 is 10.0 Å². The minimum absolute atomic E-state index is 0.00156. The second-order valence-corrected chi connectivity index (χ2v) is 6.96. The molecule has 0 aliphatic rings. The fraction of sp³-hybridized carbons (Fsp3) is 0.235. The number of benzene rings is 2. The average molecular weight is 350 g/mol. The fourth-order valence-electron chi connectivity index (χ4n) is 2.05. The van der Waals surface area contributed by atoms with Crippen molar-refractivity contribution in [2.24, 2.45) is 0 Å². The van der Waals surface area contributed by atoms with Crippen molar-refractivity contribution < 1.29 is 17.6 Å². The van der Waals surface area contributed by atoms with Gasteiger partial charge >= 0.3 is 0 Å². The molecule has 0 aliphatic heterocycles. The van der Waals surface area contributed by atoms with E-state index in [-0.39, 0.29) is 11.4 Å². The maximum absolute atomic E-state index is 13.4. The van der Waals surface area contributed by atoms with Crippen LogP contribution in [0.2, 0.25) is 0 Å². The number of hydrogen-bond acceptors (Lipinski definition) is 3. The molecule has 0 spiro atoms. The predicted octanol–water partition coefficient (Wildman–Crippen LogP) is 1.98. The van der Waals surface area contributed by atoms with Gasteiger partial charge in [-0.05, 0) is 30.2 Å². The Balaban J connectivity index is 1.89. The lowest BCUT2D eigenvalue weighted by atomic mass is 10.2. The zero-order valence-electron chi connectivity index (χ0n) is 13.3. The van der Waals surface area contributed by atoms with Crippen molar-refractivity contribution in [2.75, 3.05) is 6.54 Å². The second-order valence-electron chi connectivity index (χ2n) is 5.19. The Bertz CT molecular complexity index is 805. The number of halogens is 1. The summed E-state index contributed by atoms with van der Waals surface area (Å²) in [6.45, 7) is 1.56. The van der Waals surface area contributed by atoms with Crippen molar-refractivity contribution in [3.63, 3.8) is 0 Å². The Morgan fingerprint density at radius 3 is 2.38 bits per heavy atom. The number of sulfonamides is 1. The molecule has 5 nitrogen and oxygen atoms in total. The fourth-order valence-corrected chi connectivity index (χ4v) is 3.03. The molecular weight excluding hydrogens is 331 g/mol. The van der Waals surface area contributed by atoms with Crippen LogP contribution in [0.5, 0.6) is 0 Å². The molecule has 2 N–H and O–H groups in total. The highest BCUT2D eigenvalue weighted by atomic mass is 32.2. The van der Waals surface area contributed by atoms with Crippen LogP contribution in [0.1, 0.15) is 18.1 Å². The summed E-state index contributed by atoms with van der Waals surface area (Å²) >= 11 is 0. The summed E-state index contributed by atoms with van der Waals surface area (Å²) in [5.41, 5.74) is 1.36. The highest BCUT2D eigenvalue weighted by Gasteiger charge is 2.15. The van der Waals surface area contributed by atoms with Gasteiger partial charge in [0.25, 0.3) is 0 Å². The summed E-state index contributed by atoms with van der Waals surface area (Å²) in [6.07, 6.45) is 0.812. The maximum Gasteiger partial charge on any atom is 0.241 e. The average Bonchev–Trinajstić information content (AvgIpc) is 2.59. The van der Waals surface area contributed by atoms with Crippen LogP contribution >= 0.6 is 0 Å². The number of rotatable bonds is 7. The van der Waals surface area contributed by atoms with Gasteiger partial charge in [-0.3, -0.25) is 4.79 Å². The van der Waals surface area contributed by atoms with Crippen molar-refractivity contribution in [3.8, 4) is 0 Å². The first-order valence-corrected chi connectivity index (χ1v) is 8.99. The van der Waals surface area contributed by atoms with E-state index in [9.17, 15) is 17.6 Å². The Kier molecular flexibility index (Phi) is 6.05. The second kappa shape index (κ2) is 8.03. The Labute approximate surface area is 141 Å². The topological polar surface area (TPSA) is 75.3 Å². The molecule has 2 aromatic carbocycles. The number of nitrogens with one attached hydrogen (secondary N) is 2. The molecular formula is C17H19FN2O3S. The zero-order chi connectivity index (χ0) is 17.6. The highest BCUT2D eigenvalue weighted by Crippen LogP contribution is 2.10. The molecule has 0 aliphatic carbocycles. The standard InChI is InChI=1S/C17H19FN2O3S/c1-2-13-7-9-15(10-8-13)24(22,23)20-12-17(21)19-11-14-5-3-4-6-16(14)18/h3-10,20H,2,11-12H2,1H3,(H,19,21). The van der Waals surface area contributed by atoms with E-state index >= 15 is 0 Å². The van der Waals surface area contributed by atoms with Crippen molar-refractivity contribution in [2.45, 2.75) is 24.8 Å². The van der Waals surface area contributed by atoms with E-state index in [1.54, 1.807) is 30.3 Å². The summed E-state index contributed by atoms with van der Waals surface area (Å²) in [6, 6.07) is 12.5. The van der Waals surface area contributed by atoms with Crippen LogP contribution in [0, 0.1) is 5.82 Å². The minimum Gasteiger partial charge on any atom is -0.351 e. The molecule has 0 saturated heterocycles. The minimum atomic E-state index is -3.76. The van der Waals surface area contributed by atoms with Crippen molar-refractivity contribution in [1.29, 1.82) is 0 Å². The van der Waals surface area contributed by atoms with Gasteiger partial charge in [0.15, 0.2) is 0 Å². The number of carbonyl (C=O) groups is 1. The van der Waals surface area contributed by atoms with Crippen LogP contribution in [0.25, 0.3) is 0 Å². The van der Waals surface area contributed by atoms with E-state index in [0.717, 1.165) is 12.0 Å². The molecule has 24 heavy (non-hydrogen) atoms. The SMILES string of the molecule is CCc1ccc(S(=O)(=O)NCC(=O)NCc2ccccc2F)cc1. The molecule has 128 valence electrons. The van der Waals surface area contributed by atoms with Gasteiger partial charge in [-0.2, -0.15) is 0 Å². The molecule has 0 bridgehead atoms. The molecule has 0 atom stereocenters. The summed E-state index contributed by atoms with van der Waals surface area (Å²) in [5.74, 6) is -0.957. The lowest BCUT2D eigenvalue weighted by Crippen LogP contribution is -2.36. The van der Waals surface area contributed by atoms with E-state index in [4.69, 9.17) is 0 Å². The van der Waals surface area contributed by atoms with E-state index in [1.165, 1.54) is 18.2 Å². The smallest absolute Gasteiger partial charge is 0.241 e. The lowest BCUT2D eigenvalue weighted by Gasteiger charge is -2.09. The first kappa shape index (κ1) is 18.1. The highest BCUT2D eigenvalue weighted by molar-refractivity contribution is 7.89. The largest absolute Gasteiger partial charge is 0.351 e. The van der Waals surface area contributed by atoms with Gasteiger partial charge in [0.1, 0.15) is 5.82 Å². The lowest BCUT2D eigenvalue weighted by molar-refractivity contribution is -0.120. The van der Waals surface area contributed by atoms with Crippen molar-refractivity contribution in [1.82, 2.24) is 10.0 Å². The molecule has 0 heterocycles. The molecule has 0 unspecified atom stereocenters. The number of carbonyl (C=O) groups excluding carboxylic acids is 1. The molecule has 0 saturated carbocycles. The van der Waals surface area contributed by atoms with E-state index in [2.05, 4.69) is 10.0 Å². The predicted molar refractivity (Wildman–Crippen MR) is 89.3 cm³/mol. The summed E-state index contributed by atoms with van der Waals surface area (Å²) in [5, 5.41) is 2.48. The summed E-state index contributed by atoms with van der Waals surface area (Å²) < 4.78 is 39.9. The van der Waals surface area contributed by atoms with Crippen LogP contribution in [-0.2, 0) is 27.8 Å². The van der Waals surface area contributed by atoms with E-state index < -0.39 is 28.3 Å². The third kappa shape index (κ3) is 4.87. The molecule has 0 aromatic heterocycles. The van der Waals surface area contributed by atoms with Gasteiger partial charge in [-0.15, -0.1) is 0 Å². The van der Waals surface area contributed by atoms with Gasteiger partial charge in [0.2, 0.25) is 15.9 Å². The molecule has 1 amide bonds. The monoisotopic (exact) mass is 350 g/mol. The normalized spacial score (nSPS) is 11.2.